The molecular formula is C34H39F3N4O. The summed E-state index contributed by atoms with van der Waals surface area (Å²) < 4.78 is 38.9. The van der Waals surface area contributed by atoms with Gasteiger partial charge in [0.15, 0.2) is 0 Å². The van der Waals surface area contributed by atoms with Gasteiger partial charge in [0.25, 0.3) is 0 Å². The summed E-state index contributed by atoms with van der Waals surface area (Å²) in [5.74, 6) is -0.118. The molecule has 1 atom stereocenters. The molecule has 5 rings (SSSR count). The highest BCUT2D eigenvalue weighted by atomic mass is 19.4. The standard InChI is InChI=1S/C34H39F3N4O/c1-39(30-18-21-38-22-19-30)29-15-10-27(11-16-29)25-41(32-7-4-23-40(24-20-32)31-5-2-3-6-31)33(42)17-12-26-8-13-28(14-9-26)34(35,36)37/h8-19,21-22,31-32H,2-7,20,23-25H2,1H3. The molecule has 1 saturated heterocycles. The lowest BCUT2D eigenvalue weighted by Crippen LogP contribution is -2.40. The topological polar surface area (TPSA) is 39.7 Å². The first-order valence-electron chi connectivity index (χ1n) is 14.9. The molecule has 1 amide bonds. The van der Waals surface area contributed by atoms with Gasteiger partial charge in [0.05, 0.1) is 5.56 Å². The number of rotatable bonds is 8. The number of amides is 1. The van der Waals surface area contributed by atoms with E-state index >= 15 is 0 Å². The summed E-state index contributed by atoms with van der Waals surface area (Å²) in [6.07, 6.45) is 10.3. The molecule has 1 unspecified atom stereocenters. The van der Waals surface area contributed by atoms with Crippen molar-refractivity contribution in [2.45, 2.75) is 69.8 Å². The Balaban J connectivity index is 1.32. The van der Waals surface area contributed by atoms with Crippen LogP contribution in [-0.2, 0) is 17.5 Å². The number of likely N-dealkylation sites (tertiary alicyclic amines) is 1. The first-order chi connectivity index (χ1) is 20.3. The maximum Gasteiger partial charge on any atom is 0.416 e. The zero-order chi connectivity index (χ0) is 29.5. The highest BCUT2D eigenvalue weighted by molar-refractivity contribution is 5.92. The highest BCUT2D eigenvalue weighted by Crippen LogP contribution is 2.30. The van der Waals surface area contributed by atoms with Crippen LogP contribution < -0.4 is 4.90 Å². The van der Waals surface area contributed by atoms with Crippen LogP contribution in [0.3, 0.4) is 0 Å². The largest absolute Gasteiger partial charge is 0.416 e. The molecule has 1 aromatic heterocycles. The third-order valence-corrected chi connectivity index (χ3v) is 8.68. The first-order valence-corrected chi connectivity index (χ1v) is 14.9. The average molecular weight is 577 g/mol. The third-order valence-electron chi connectivity index (χ3n) is 8.68. The van der Waals surface area contributed by atoms with Crippen molar-refractivity contribution in [2.75, 3.05) is 25.0 Å². The van der Waals surface area contributed by atoms with E-state index in [0.29, 0.717) is 18.2 Å². The van der Waals surface area contributed by atoms with Crippen molar-refractivity contribution < 1.29 is 18.0 Å². The summed E-state index contributed by atoms with van der Waals surface area (Å²) in [6.45, 7) is 2.53. The molecule has 1 aliphatic heterocycles. The molecule has 2 aliphatic rings. The van der Waals surface area contributed by atoms with Crippen LogP contribution in [0.2, 0.25) is 0 Å². The average Bonchev–Trinajstić information content (AvgIpc) is 3.44. The van der Waals surface area contributed by atoms with Gasteiger partial charge < -0.3 is 14.7 Å². The summed E-state index contributed by atoms with van der Waals surface area (Å²) in [7, 11) is 2.01. The monoisotopic (exact) mass is 576 g/mol. The SMILES string of the molecule is CN(c1ccncc1)c1ccc(CN(C(=O)C=Cc2ccc(C(F)(F)F)cc2)C2CCCN(C3CCCC3)CC2)cc1. The predicted octanol–water partition coefficient (Wildman–Crippen LogP) is 7.71. The molecule has 0 spiro atoms. The number of hydrogen-bond donors (Lipinski definition) is 0. The van der Waals surface area contributed by atoms with E-state index in [9.17, 15) is 18.0 Å². The van der Waals surface area contributed by atoms with Gasteiger partial charge >= 0.3 is 6.18 Å². The van der Waals surface area contributed by atoms with E-state index in [4.69, 9.17) is 0 Å². The maximum atomic E-state index is 13.7. The molecule has 3 aromatic rings. The number of carbonyl (C=O) groups is 1. The summed E-state index contributed by atoms with van der Waals surface area (Å²) in [4.78, 5) is 24.4. The molecule has 5 nitrogen and oxygen atoms in total. The van der Waals surface area contributed by atoms with Gasteiger partial charge in [0.2, 0.25) is 5.91 Å². The van der Waals surface area contributed by atoms with E-state index in [1.807, 2.05) is 24.1 Å². The third kappa shape index (κ3) is 7.59. The van der Waals surface area contributed by atoms with Crippen molar-refractivity contribution >= 4 is 23.4 Å². The fraction of sp³-hybridized carbons (Fsp3) is 0.412. The predicted molar refractivity (Wildman–Crippen MR) is 161 cm³/mol. The van der Waals surface area contributed by atoms with Crippen LogP contribution in [0.5, 0.6) is 0 Å². The number of benzene rings is 2. The normalized spacial score (nSPS) is 18.7. The second kappa shape index (κ2) is 13.6. The lowest BCUT2D eigenvalue weighted by atomic mass is 10.0. The second-order valence-corrected chi connectivity index (χ2v) is 11.4. The van der Waals surface area contributed by atoms with Crippen LogP contribution in [0.4, 0.5) is 24.5 Å². The molecule has 0 N–H and O–H groups in total. The Kier molecular flexibility index (Phi) is 9.62. The van der Waals surface area contributed by atoms with Gasteiger partial charge in [-0.1, -0.05) is 37.1 Å². The van der Waals surface area contributed by atoms with Gasteiger partial charge in [-0.15, -0.1) is 0 Å². The van der Waals surface area contributed by atoms with E-state index in [1.165, 1.54) is 43.9 Å². The van der Waals surface area contributed by atoms with Gasteiger partial charge in [-0.2, -0.15) is 13.2 Å². The van der Waals surface area contributed by atoms with Crippen molar-refractivity contribution in [1.29, 1.82) is 0 Å². The van der Waals surface area contributed by atoms with Crippen molar-refractivity contribution in [1.82, 2.24) is 14.8 Å². The molecule has 42 heavy (non-hydrogen) atoms. The Morgan fingerprint density at radius 1 is 0.881 bits per heavy atom. The quantitative estimate of drug-likeness (QED) is 0.258. The zero-order valence-electron chi connectivity index (χ0n) is 24.1. The smallest absolute Gasteiger partial charge is 0.345 e. The van der Waals surface area contributed by atoms with Crippen molar-refractivity contribution in [3.8, 4) is 0 Å². The first kappa shape index (κ1) is 29.8. The van der Waals surface area contributed by atoms with E-state index in [-0.39, 0.29) is 11.9 Å². The molecule has 1 aliphatic carbocycles. The van der Waals surface area contributed by atoms with E-state index in [1.54, 1.807) is 18.5 Å². The number of alkyl halides is 3. The molecule has 0 radical (unpaired) electrons. The lowest BCUT2D eigenvalue weighted by molar-refractivity contribution is -0.137. The fourth-order valence-corrected chi connectivity index (χ4v) is 6.22. The van der Waals surface area contributed by atoms with Crippen molar-refractivity contribution in [2.24, 2.45) is 0 Å². The summed E-state index contributed by atoms with van der Waals surface area (Å²) in [6, 6.07) is 17.8. The molecule has 2 heterocycles. The Morgan fingerprint density at radius 2 is 1.55 bits per heavy atom. The van der Waals surface area contributed by atoms with Gasteiger partial charge in [-0.25, -0.2) is 0 Å². The maximum absolute atomic E-state index is 13.7. The van der Waals surface area contributed by atoms with Crippen LogP contribution in [0, 0.1) is 0 Å². The number of halogens is 3. The van der Waals surface area contributed by atoms with Crippen LogP contribution >= 0.6 is 0 Å². The summed E-state index contributed by atoms with van der Waals surface area (Å²) >= 11 is 0. The Bertz CT molecular complexity index is 1320. The molecular weight excluding hydrogens is 537 g/mol. The zero-order valence-corrected chi connectivity index (χ0v) is 24.1. The van der Waals surface area contributed by atoms with E-state index in [0.717, 1.165) is 61.4 Å². The number of pyridine rings is 1. The minimum atomic E-state index is -4.39. The molecule has 1 saturated carbocycles. The van der Waals surface area contributed by atoms with Gasteiger partial charge in [-0.05, 0) is 92.2 Å². The number of hydrogen-bond acceptors (Lipinski definition) is 4. The summed E-state index contributed by atoms with van der Waals surface area (Å²) in [5.41, 5.74) is 2.97. The molecule has 0 bridgehead atoms. The lowest BCUT2D eigenvalue weighted by Gasteiger charge is -2.31. The van der Waals surface area contributed by atoms with E-state index < -0.39 is 11.7 Å². The Labute approximate surface area is 246 Å². The minimum absolute atomic E-state index is 0.0975. The van der Waals surface area contributed by atoms with Crippen LogP contribution in [0.15, 0.2) is 79.1 Å². The Hall–Kier alpha value is -3.65. The van der Waals surface area contributed by atoms with Crippen molar-refractivity contribution in [3.05, 3.63) is 95.8 Å². The van der Waals surface area contributed by atoms with Crippen LogP contribution in [0.25, 0.3) is 6.08 Å². The molecule has 2 aromatic carbocycles. The Morgan fingerprint density at radius 3 is 2.21 bits per heavy atom. The minimum Gasteiger partial charge on any atom is -0.345 e. The van der Waals surface area contributed by atoms with Gasteiger partial charge in [0, 0.05) is 62.1 Å². The second-order valence-electron chi connectivity index (χ2n) is 11.4. The highest BCUT2D eigenvalue weighted by Gasteiger charge is 2.31. The van der Waals surface area contributed by atoms with Gasteiger partial charge in [0.1, 0.15) is 0 Å². The van der Waals surface area contributed by atoms with E-state index in [2.05, 4.69) is 39.0 Å². The number of nitrogens with zero attached hydrogens (tertiary/aromatic N) is 4. The number of anilines is 2. The number of carbonyl (C=O) groups excluding carboxylic acids is 1. The fourth-order valence-electron chi connectivity index (χ4n) is 6.22. The van der Waals surface area contributed by atoms with Crippen LogP contribution in [0.1, 0.15) is 61.6 Å². The molecule has 8 heteroatoms. The van der Waals surface area contributed by atoms with Crippen molar-refractivity contribution in [3.63, 3.8) is 0 Å². The van der Waals surface area contributed by atoms with Gasteiger partial charge in [-0.3, -0.25) is 9.78 Å². The molecule has 222 valence electrons. The number of aromatic nitrogens is 1. The van der Waals surface area contributed by atoms with Crippen LogP contribution in [-0.4, -0.2) is 52.9 Å². The molecule has 2 fully saturated rings. The summed E-state index contributed by atoms with van der Waals surface area (Å²) in [5, 5.41) is 0.